The summed E-state index contributed by atoms with van der Waals surface area (Å²) >= 11 is 0. The van der Waals surface area contributed by atoms with Crippen LogP contribution in [-0.2, 0) is 27.9 Å². The van der Waals surface area contributed by atoms with Gasteiger partial charge in [0.15, 0.2) is 0 Å². The highest BCUT2D eigenvalue weighted by atomic mass is 32.2. The second kappa shape index (κ2) is 10.6. The fraction of sp³-hybridized carbons (Fsp3) is 0.320. The van der Waals surface area contributed by atoms with E-state index in [-0.39, 0.29) is 36.4 Å². The molecule has 3 rings (SSSR count). The number of rotatable bonds is 10. The minimum atomic E-state index is -3.81. The van der Waals surface area contributed by atoms with E-state index in [9.17, 15) is 13.2 Å². The highest BCUT2D eigenvalue weighted by Crippen LogP contribution is 2.19. The van der Waals surface area contributed by atoms with Gasteiger partial charge in [-0.1, -0.05) is 61.9 Å². The maximum atomic E-state index is 13.4. The lowest BCUT2D eigenvalue weighted by molar-refractivity contribution is -0.133. The molecule has 0 aliphatic heterocycles. The predicted octanol–water partition coefficient (Wildman–Crippen LogP) is 4.46. The Kier molecular flexibility index (Phi) is 7.88. The molecular formula is C25H30N2O4S. The number of carbonyl (C=O) groups excluding carboxylic acids is 1. The third-order valence-corrected chi connectivity index (χ3v) is 6.86. The van der Waals surface area contributed by atoms with Crippen molar-refractivity contribution < 1.29 is 17.6 Å². The summed E-state index contributed by atoms with van der Waals surface area (Å²) in [5.74, 6) is 0.434. The van der Waals surface area contributed by atoms with Crippen molar-refractivity contribution in [3.8, 4) is 0 Å². The van der Waals surface area contributed by atoms with Crippen LogP contribution in [0.25, 0.3) is 0 Å². The Hall–Kier alpha value is -2.90. The molecule has 1 aromatic heterocycles. The summed E-state index contributed by atoms with van der Waals surface area (Å²) in [6, 6.07) is 19.9. The number of carbonyl (C=O) groups is 1. The largest absolute Gasteiger partial charge is 0.467 e. The highest BCUT2D eigenvalue weighted by molar-refractivity contribution is 7.89. The van der Waals surface area contributed by atoms with Crippen LogP contribution in [0.3, 0.4) is 0 Å². The topological polar surface area (TPSA) is 70.8 Å². The summed E-state index contributed by atoms with van der Waals surface area (Å²) in [7, 11) is -3.81. The van der Waals surface area contributed by atoms with Crippen LogP contribution in [-0.4, -0.2) is 36.6 Å². The van der Waals surface area contributed by atoms with Crippen molar-refractivity contribution in [3.63, 3.8) is 0 Å². The average molecular weight is 455 g/mol. The fourth-order valence-electron chi connectivity index (χ4n) is 3.39. The number of hydrogen-bond donors (Lipinski definition) is 0. The van der Waals surface area contributed by atoms with Gasteiger partial charge in [0.05, 0.1) is 24.2 Å². The van der Waals surface area contributed by atoms with Crippen molar-refractivity contribution in [1.29, 1.82) is 0 Å². The van der Waals surface area contributed by atoms with Gasteiger partial charge in [-0.3, -0.25) is 4.79 Å². The second-order valence-electron chi connectivity index (χ2n) is 8.32. The fourth-order valence-corrected chi connectivity index (χ4v) is 4.94. The Bertz CT molecular complexity index is 1090. The molecule has 0 spiro atoms. The molecule has 0 aliphatic carbocycles. The first kappa shape index (κ1) is 23.8. The predicted molar refractivity (Wildman–Crippen MR) is 124 cm³/mol. The van der Waals surface area contributed by atoms with Crippen LogP contribution >= 0.6 is 0 Å². The summed E-state index contributed by atoms with van der Waals surface area (Å²) in [5, 5.41) is 0. The van der Waals surface area contributed by atoms with Gasteiger partial charge in [-0.15, -0.1) is 0 Å². The van der Waals surface area contributed by atoms with Crippen LogP contribution in [0.15, 0.2) is 82.3 Å². The van der Waals surface area contributed by atoms with Gasteiger partial charge in [-0.2, -0.15) is 4.31 Å². The van der Waals surface area contributed by atoms with Gasteiger partial charge < -0.3 is 9.32 Å². The molecule has 1 heterocycles. The van der Waals surface area contributed by atoms with Gasteiger partial charge in [0.2, 0.25) is 15.9 Å². The second-order valence-corrected chi connectivity index (χ2v) is 10.3. The van der Waals surface area contributed by atoms with Gasteiger partial charge >= 0.3 is 0 Å². The highest BCUT2D eigenvalue weighted by Gasteiger charge is 2.29. The molecule has 0 unspecified atom stereocenters. The lowest BCUT2D eigenvalue weighted by atomic mass is 10.2. The van der Waals surface area contributed by atoms with E-state index in [1.807, 2.05) is 51.1 Å². The minimum absolute atomic E-state index is 0.0654. The van der Waals surface area contributed by atoms with Crippen LogP contribution in [0.1, 0.15) is 30.7 Å². The van der Waals surface area contributed by atoms with E-state index < -0.39 is 10.0 Å². The van der Waals surface area contributed by atoms with Gasteiger partial charge in [-0.25, -0.2) is 8.42 Å². The van der Waals surface area contributed by atoms with Gasteiger partial charge in [0.1, 0.15) is 5.76 Å². The zero-order chi connectivity index (χ0) is 23.1. The number of sulfonamides is 1. The van der Waals surface area contributed by atoms with Gasteiger partial charge in [-0.05, 0) is 42.7 Å². The van der Waals surface area contributed by atoms with Crippen LogP contribution in [0.4, 0.5) is 0 Å². The Morgan fingerprint density at radius 2 is 1.62 bits per heavy atom. The molecule has 0 fully saturated rings. The number of aryl methyl sites for hydroxylation is 1. The average Bonchev–Trinajstić information content (AvgIpc) is 3.26. The third kappa shape index (κ3) is 6.31. The van der Waals surface area contributed by atoms with E-state index in [1.54, 1.807) is 47.6 Å². The first-order valence-electron chi connectivity index (χ1n) is 10.7. The van der Waals surface area contributed by atoms with Crippen molar-refractivity contribution in [2.24, 2.45) is 5.92 Å². The minimum Gasteiger partial charge on any atom is -0.467 e. The maximum Gasteiger partial charge on any atom is 0.243 e. The molecule has 170 valence electrons. The van der Waals surface area contributed by atoms with Crippen LogP contribution in [0.5, 0.6) is 0 Å². The molecule has 1 amide bonds. The monoisotopic (exact) mass is 454 g/mol. The third-order valence-electron chi connectivity index (χ3n) is 5.03. The zero-order valence-corrected chi connectivity index (χ0v) is 19.6. The lowest BCUT2D eigenvalue weighted by Crippen LogP contribution is -2.43. The Labute approximate surface area is 190 Å². The quantitative estimate of drug-likeness (QED) is 0.453. The molecule has 0 N–H and O–H groups in total. The summed E-state index contributed by atoms with van der Waals surface area (Å²) in [6.45, 7) is 6.42. The van der Waals surface area contributed by atoms with Gasteiger partial charge in [0.25, 0.3) is 0 Å². The number of nitrogens with zero attached hydrogens (tertiary/aromatic N) is 2. The molecule has 2 aromatic carbocycles. The molecule has 0 saturated carbocycles. The summed E-state index contributed by atoms with van der Waals surface area (Å²) in [6.07, 6.45) is 1.56. The van der Waals surface area contributed by atoms with E-state index in [0.717, 1.165) is 11.1 Å². The maximum absolute atomic E-state index is 13.4. The first-order chi connectivity index (χ1) is 15.3. The summed E-state index contributed by atoms with van der Waals surface area (Å²) in [5.41, 5.74) is 1.94. The number of benzene rings is 2. The van der Waals surface area contributed by atoms with Crippen LogP contribution in [0.2, 0.25) is 0 Å². The molecule has 0 atom stereocenters. The molecule has 0 saturated heterocycles. The van der Waals surface area contributed by atoms with Crippen molar-refractivity contribution in [1.82, 2.24) is 9.21 Å². The van der Waals surface area contributed by atoms with Crippen molar-refractivity contribution in [3.05, 3.63) is 89.9 Å². The zero-order valence-electron chi connectivity index (χ0n) is 18.8. The molecule has 3 aromatic rings. The lowest BCUT2D eigenvalue weighted by Gasteiger charge is -2.28. The molecule has 7 heteroatoms. The van der Waals surface area contributed by atoms with Crippen LogP contribution < -0.4 is 0 Å². The summed E-state index contributed by atoms with van der Waals surface area (Å²) < 4.78 is 33.4. The van der Waals surface area contributed by atoms with E-state index in [2.05, 4.69) is 0 Å². The number of furan rings is 1. The Morgan fingerprint density at radius 1 is 0.938 bits per heavy atom. The summed E-state index contributed by atoms with van der Waals surface area (Å²) in [4.78, 5) is 15.2. The van der Waals surface area contributed by atoms with Crippen molar-refractivity contribution in [2.75, 3.05) is 13.1 Å². The SMILES string of the molecule is Cc1ccc(S(=O)(=O)N(CC(=O)N(Cc2ccccc2)Cc2ccco2)CC(C)C)cc1. The standard InChI is InChI=1S/C25H30N2O4S/c1-20(2)16-27(32(29,30)24-13-11-21(3)12-14-24)19-25(28)26(18-23-10-7-15-31-23)17-22-8-5-4-6-9-22/h4-15,20H,16-19H2,1-3H3. The number of hydrogen-bond acceptors (Lipinski definition) is 4. The molecule has 32 heavy (non-hydrogen) atoms. The first-order valence-corrected chi connectivity index (χ1v) is 12.1. The van der Waals surface area contributed by atoms with Crippen LogP contribution in [0, 0.1) is 12.8 Å². The molecule has 6 nitrogen and oxygen atoms in total. The Morgan fingerprint density at radius 3 is 2.22 bits per heavy atom. The molecule has 0 aliphatic rings. The van der Waals surface area contributed by atoms with E-state index in [1.165, 1.54) is 4.31 Å². The van der Waals surface area contributed by atoms with Crippen molar-refractivity contribution >= 4 is 15.9 Å². The van der Waals surface area contributed by atoms with E-state index in [0.29, 0.717) is 12.3 Å². The van der Waals surface area contributed by atoms with E-state index in [4.69, 9.17) is 4.42 Å². The molecular weight excluding hydrogens is 424 g/mol. The molecule has 0 bridgehead atoms. The smallest absolute Gasteiger partial charge is 0.243 e. The molecule has 0 radical (unpaired) electrons. The van der Waals surface area contributed by atoms with E-state index >= 15 is 0 Å². The van der Waals surface area contributed by atoms with Crippen molar-refractivity contribution in [2.45, 2.75) is 38.8 Å². The van der Waals surface area contributed by atoms with Gasteiger partial charge in [0, 0.05) is 13.1 Å². The Balaban J connectivity index is 1.86. The number of amides is 1. The normalized spacial score (nSPS) is 11.8.